The smallest absolute Gasteiger partial charge is 0.242 e. The van der Waals surface area contributed by atoms with Crippen molar-refractivity contribution in [2.45, 2.75) is 10.4 Å². The second-order valence-corrected chi connectivity index (χ2v) is 8.05. The molecule has 8 heteroatoms. The molecule has 0 saturated carbocycles. The average molecular weight is 451 g/mol. The van der Waals surface area contributed by atoms with E-state index in [9.17, 15) is 4.79 Å². The van der Waals surface area contributed by atoms with Gasteiger partial charge in [-0.3, -0.25) is 9.36 Å². The molecule has 0 bridgehead atoms. The molecule has 1 aromatic heterocycles. The molecule has 3 aromatic carbocycles. The molecular formula is C23H19ClN4O2S. The molecule has 0 spiro atoms. The van der Waals surface area contributed by atoms with E-state index in [0.29, 0.717) is 21.6 Å². The van der Waals surface area contributed by atoms with E-state index in [0.717, 1.165) is 11.3 Å². The number of amides is 1. The number of aromatic nitrogens is 3. The molecule has 0 aliphatic rings. The predicted octanol–water partition coefficient (Wildman–Crippen LogP) is 5.40. The van der Waals surface area contributed by atoms with E-state index in [-0.39, 0.29) is 5.91 Å². The highest BCUT2D eigenvalue weighted by Crippen LogP contribution is 2.36. The molecule has 4 rings (SSSR count). The van der Waals surface area contributed by atoms with Gasteiger partial charge in [-0.2, -0.15) is 0 Å². The lowest BCUT2D eigenvalue weighted by atomic mass is 10.1. The molecule has 31 heavy (non-hydrogen) atoms. The maximum atomic E-state index is 13.3. The molecule has 1 atom stereocenters. The fourth-order valence-corrected chi connectivity index (χ4v) is 4.32. The third-order valence-electron chi connectivity index (χ3n) is 4.53. The largest absolute Gasteiger partial charge is 0.495 e. The van der Waals surface area contributed by atoms with Crippen LogP contribution < -0.4 is 10.1 Å². The molecule has 0 radical (unpaired) electrons. The maximum absolute atomic E-state index is 13.3. The van der Waals surface area contributed by atoms with Crippen molar-refractivity contribution in [2.75, 3.05) is 12.4 Å². The highest BCUT2D eigenvalue weighted by atomic mass is 35.5. The van der Waals surface area contributed by atoms with Gasteiger partial charge in [-0.1, -0.05) is 71.9 Å². The number of thioether (sulfide) groups is 1. The summed E-state index contributed by atoms with van der Waals surface area (Å²) in [6.45, 7) is 0. The molecule has 1 amide bonds. The van der Waals surface area contributed by atoms with Crippen LogP contribution in [0.15, 0.2) is 90.3 Å². The van der Waals surface area contributed by atoms with Gasteiger partial charge in [0.25, 0.3) is 0 Å². The van der Waals surface area contributed by atoms with Crippen LogP contribution in [0.25, 0.3) is 5.69 Å². The Bertz CT molecular complexity index is 1170. The van der Waals surface area contributed by atoms with Gasteiger partial charge in [-0.25, -0.2) is 0 Å². The van der Waals surface area contributed by atoms with Crippen molar-refractivity contribution in [3.63, 3.8) is 0 Å². The fourth-order valence-electron chi connectivity index (χ4n) is 3.03. The fraction of sp³-hybridized carbons (Fsp3) is 0.0870. The van der Waals surface area contributed by atoms with Crippen molar-refractivity contribution in [3.05, 3.63) is 95.8 Å². The molecule has 0 fully saturated rings. The van der Waals surface area contributed by atoms with Gasteiger partial charge in [0.1, 0.15) is 17.3 Å². The van der Waals surface area contributed by atoms with Crippen LogP contribution in [0.2, 0.25) is 5.02 Å². The predicted molar refractivity (Wildman–Crippen MR) is 123 cm³/mol. The number of benzene rings is 3. The lowest BCUT2D eigenvalue weighted by molar-refractivity contribution is -0.115. The molecular weight excluding hydrogens is 432 g/mol. The Morgan fingerprint density at radius 2 is 1.77 bits per heavy atom. The van der Waals surface area contributed by atoms with Crippen LogP contribution in [0.5, 0.6) is 5.75 Å². The van der Waals surface area contributed by atoms with E-state index in [1.54, 1.807) is 31.6 Å². The number of carbonyl (C=O) groups is 1. The molecule has 0 aliphatic heterocycles. The Morgan fingerprint density at radius 3 is 2.45 bits per heavy atom. The van der Waals surface area contributed by atoms with Gasteiger partial charge in [0, 0.05) is 11.4 Å². The zero-order chi connectivity index (χ0) is 21.6. The first-order valence-corrected chi connectivity index (χ1v) is 10.7. The van der Waals surface area contributed by atoms with Gasteiger partial charge < -0.3 is 10.1 Å². The topological polar surface area (TPSA) is 69.0 Å². The first kappa shape index (κ1) is 21.0. The SMILES string of the molecule is COc1ccc(NC(=O)C(Sc2nncn2-c2ccccc2)c2ccccc2)cc1Cl. The highest BCUT2D eigenvalue weighted by Gasteiger charge is 2.25. The van der Waals surface area contributed by atoms with E-state index >= 15 is 0 Å². The van der Waals surface area contributed by atoms with Gasteiger partial charge in [0.05, 0.1) is 12.1 Å². The quantitative estimate of drug-likeness (QED) is 0.382. The number of methoxy groups -OCH3 is 1. The summed E-state index contributed by atoms with van der Waals surface area (Å²) in [5.41, 5.74) is 2.36. The number of hydrogen-bond donors (Lipinski definition) is 1. The second kappa shape index (κ2) is 9.68. The Kier molecular flexibility index (Phi) is 6.54. The minimum absolute atomic E-state index is 0.194. The number of nitrogens with one attached hydrogen (secondary N) is 1. The summed E-state index contributed by atoms with van der Waals surface area (Å²) in [6, 6.07) is 24.5. The average Bonchev–Trinajstić information content (AvgIpc) is 3.27. The first-order valence-electron chi connectivity index (χ1n) is 9.47. The molecule has 156 valence electrons. The van der Waals surface area contributed by atoms with Crippen LogP contribution in [-0.2, 0) is 4.79 Å². The summed E-state index contributed by atoms with van der Waals surface area (Å²) in [5.74, 6) is 0.352. The van der Waals surface area contributed by atoms with Crippen LogP contribution in [0, 0.1) is 0 Å². The number of nitrogens with zero attached hydrogens (tertiary/aromatic N) is 3. The third kappa shape index (κ3) is 4.90. The number of carbonyl (C=O) groups excluding carboxylic acids is 1. The van der Waals surface area contributed by atoms with Gasteiger partial charge >= 0.3 is 0 Å². The van der Waals surface area contributed by atoms with Crippen molar-refractivity contribution in [1.82, 2.24) is 14.8 Å². The summed E-state index contributed by atoms with van der Waals surface area (Å²) in [4.78, 5) is 13.3. The maximum Gasteiger partial charge on any atom is 0.242 e. The van der Waals surface area contributed by atoms with E-state index in [1.807, 2.05) is 65.2 Å². The summed E-state index contributed by atoms with van der Waals surface area (Å²) in [6.07, 6.45) is 1.64. The van der Waals surface area contributed by atoms with Crippen LogP contribution in [0.1, 0.15) is 10.8 Å². The van der Waals surface area contributed by atoms with E-state index < -0.39 is 5.25 Å². The van der Waals surface area contributed by atoms with Crippen LogP contribution in [0.4, 0.5) is 5.69 Å². The molecule has 0 saturated heterocycles. The second-order valence-electron chi connectivity index (χ2n) is 6.57. The minimum Gasteiger partial charge on any atom is -0.495 e. The van der Waals surface area contributed by atoms with Crippen molar-refractivity contribution < 1.29 is 9.53 Å². The van der Waals surface area contributed by atoms with E-state index in [1.165, 1.54) is 11.8 Å². The van der Waals surface area contributed by atoms with Gasteiger partial charge in [-0.15, -0.1) is 10.2 Å². The standard InChI is InChI=1S/C23H19ClN4O2S/c1-30-20-13-12-17(14-19(20)24)26-22(29)21(16-8-4-2-5-9-16)31-23-27-25-15-28(23)18-10-6-3-7-11-18/h2-15,21H,1H3,(H,26,29). The number of rotatable bonds is 7. The Morgan fingerprint density at radius 1 is 1.06 bits per heavy atom. The molecule has 0 aliphatic carbocycles. The van der Waals surface area contributed by atoms with E-state index in [2.05, 4.69) is 15.5 Å². The first-order chi connectivity index (χ1) is 15.2. The zero-order valence-electron chi connectivity index (χ0n) is 16.6. The lowest BCUT2D eigenvalue weighted by Crippen LogP contribution is -2.19. The summed E-state index contributed by atoms with van der Waals surface area (Å²) >= 11 is 7.54. The molecule has 1 N–H and O–H groups in total. The van der Waals surface area contributed by atoms with E-state index in [4.69, 9.17) is 16.3 Å². The summed E-state index contributed by atoms with van der Waals surface area (Å²) in [5, 5.41) is 11.7. The number of anilines is 1. The minimum atomic E-state index is -0.547. The molecule has 6 nitrogen and oxygen atoms in total. The Hall–Kier alpha value is -3.29. The number of hydrogen-bond acceptors (Lipinski definition) is 5. The van der Waals surface area contributed by atoms with Crippen molar-refractivity contribution >= 4 is 35.0 Å². The molecule has 4 aromatic rings. The van der Waals surface area contributed by atoms with Crippen molar-refractivity contribution in [3.8, 4) is 11.4 Å². The summed E-state index contributed by atoms with van der Waals surface area (Å²) < 4.78 is 7.04. The number of para-hydroxylation sites is 1. The molecule has 1 heterocycles. The normalized spacial score (nSPS) is 11.7. The van der Waals surface area contributed by atoms with Crippen LogP contribution in [-0.4, -0.2) is 27.8 Å². The van der Waals surface area contributed by atoms with Gasteiger partial charge in [-0.05, 0) is 35.9 Å². The third-order valence-corrected chi connectivity index (χ3v) is 6.04. The molecule has 1 unspecified atom stereocenters. The summed E-state index contributed by atoms with van der Waals surface area (Å²) in [7, 11) is 1.55. The number of ether oxygens (including phenoxy) is 1. The Labute approximate surface area is 189 Å². The monoisotopic (exact) mass is 450 g/mol. The van der Waals surface area contributed by atoms with Gasteiger partial charge in [0.15, 0.2) is 5.16 Å². The van der Waals surface area contributed by atoms with Crippen molar-refractivity contribution in [1.29, 1.82) is 0 Å². The van der Waals surface area contributed by atoms with Gasteiger partial charge in [0.2, 0.25) is 5.91 Å². The lowest BCUT2D eigenvalue weighted by Gasteiger charge is -2.17. The van der Waals surface area contributed by atoms with Crippen LogP contribution in [0.3, 0.4) is 0 Å². The highest BCUT2D eigenvalue weighted by molar-refractivity contribution is 8.00. The van der Waals surface area contributed by atoms with Crippen LogP contribution >= 0.6 is 23.4 Å². The zero-order valence-corrected chi connectivity index (χ0v) is 18.2. The Balaban J connectivity index is 1.63. The van der Waals surface area contributed by atoms with Crippen molar-refractivity contribution in [2.24, 2.45) is 0 Å². The number of halogens is 1.